The van der Waals surface area contributed by atoms with Crippen LogP contribution in [0.25, 0.3) is 0 Å². The molecular formula is C18H28N4O3. The quantitative estimate of drug-likeness (QED) is 0.318. The number of aliphatic hydroxyl groups is 1. The molecule has 7 heteroatoms. The molecule has 1 unspecified atom stereocenters. The molecule has 25 heavy (non-hydrogen) atoms. The monoisotopic (exact) mass is 348 g/mol. The van der Waals surface area contributed by atoms with Gasteiger partial charge in [-0.25, -0.2) is 4.99 Å². The number of aliphatic imine (C=N–C) groups is 1. The molecule has 2 rings (SSSR count). The Bertz CT molecular complexity index is 580. The van der Waals surface area contributed by atoms with Gasteiger partial charge in [-0.3, -0.25) is 10.1 Å². The molecule has 0 aromatic heterocycles. The first-order chi connectivity index (χ1) is 12.0. The van der Waals surface area contributed by atoms with E-state index in [1.165, 1.54) is 12.1 Å². The Balaban J connectivity index is 2.00. The zero-order chi connectivity index (χ0) is 18.2. The smallest absolute Gasteiger partial charge is 0.269 e. The van der Waals surface area contributed by atoms with Crippen LogP contribution in [-0.4, -0.2) is 34.2 Å². The average molecular weight is 348 g/mol. The highest BCUT2D eigenvalue weighted by Gasteiger charge is 2.20. The minimum absolute atomic E-state index is 0.0876. The number of rotatable bonds is 6. The first-order valence-corrected chi connectivity index (χ1v) is 8.96. The lowest BCUT2D eigenvalue weighted by Gasteiger charge is -2.28. The molecule has 1 aliphatic rings. The van der Waals surface area contributed by atoms with Crippen molar-refractivity contribution in [2.24, 2.45) is 4.99 Å². The number of guanidine groups is 1. The van der Waals surface area contributed by atoms with Crippen LogP contribution in [0.3, 0.4) is 0 Å². The highest BCUT2D eigenvalue weighted by molar-refractivity contribution is 5.80. The first kappa shape index (κ1) is 19.2. The Morgan fingerprint density at radius 2 is 1.96 bits per heavy atom. The van der Waals surface area contributed by atoms with Crippen molar-refractivity contribution >= 4 is 11.6 Å². The molecule has 0 radical (unpaired) electrons. The molecule has 0 spiro atoms. The van der Waals surface area contributed by atoms with Crippen molar-refractivity contribution in [3.63, 3.8) is 0 Å². The van der Waals surface area contributed by atoms with Crippen LogP contribution in [0.4, 0.5) is 5.69 Å². The van der Waals surface area contributed by atoms with Gasteiger partial charge in [-0.1, -0.05) is 19.1 Å². The average Bonchev–Trinajstić information content (AvgIpc) is 2.61. The number of aliphatic hydroxyl groups excluding tert-OH is 1. The zero-order valence-electron chi connectivity index (χ0n) is 14.9. The third-order valence-corrected chi connectivity index (χ3v) is 4.60. The fraction of sp³-hybridized carbons (Fsp3) is 0.611. The summed E-state index contributed by atoms with van der Waals surface area (Å²) in [6, 6.07) is 7.09. The summed E-state index contributed by atoms with van der Waals surface area (Å²) in [5.74, 6) is 0.758. The highest BCUT2D eigenvalue weighted by atomic mass is 16.6. The fourth-order valence-electron chi connectivity index (χ4n) is 2.78. The second-order valence-electron chi connectivity index (χ2n) is 6.69. The number of nitrogens with zero attached hydrogens (tertiary/aromatic N) is 2. The summed E-state index contributed by atoms with van der Waals surface area (Å²) >= 11 is 0. The molecule has 1 aromatic carbocycles. The van der Waals surface area contributed by atoms with Crippen molar-refractivity contribution in [1.29, 1.82) is 0 Å². The van der Waals surface area contributed by atoms with Crippen LogP contribution >= 0.6 is 0 Å². The number of hydrogen-bond donors (Lipinski definition) is 3. The van der Waals surface area contributed by atoms with Crippen LogP contribution < -0.4 is 10.6 Å². The van der Waals surface area contributed by atoms with E-state index in [0.717, 1.165) is 43.6 Å². The molecule has 0 amide bonds. The Kier molecular flexibility index (Phi) is 7.18. The van der Waals surface area contributed by atoms with Gasteiger partial charge in [-0.05, 0) is 44.6 Å². The van der Waals surface area contributed by atoms with Gasteiger partial charge in [-0.15, -0.1) is 0 Å². The van der Waals surface area contributed by atoms with Gasteiger partial charge in [0.15, 0.2) is 5.96 Å². The van der Waals surface area contributed by atoms with Gasteiger partial charge >= 0.3 is 0 Å². The van der Waals surface area contributed by atoms with E-state index < -0.39 is 4.92 Å². The van der Waals surface area contributed by atoms with Crippen LogP contribution in [0.2, 0.25) is 0 Å². The molecule has 1 atom stereocenters. The second-order valence-corrected chi connectivity index (χ2v) is 6.69. The molecule has 1 saturated carbocycles. The Morgan fingerprint density at radius 3 is 2.52 bits per heavy atom. The summed E-state index contributed by atoms with van der Waals surface area (Å²) < 4.78 is 0. The SMILES string of the molecule is CCC(C)NC(=NCc1ccc([N+](=O)[O-])cc1)NC1CCC(O)CC1. The topological polar surface area (TPSA) is 99.8 Å². The van der Waals surface area contributed by atoms with Gasteiger partial charge < -0.3 is 15.7 Å². The minimum atomic E-state index is -0.401. The Labute approximate surface area is 148 Å². The van der Waals surface area contributed by atoms with Crippen LogP contribution in [-0.2, 0) is 6.54 Å². The molecular weight excluding hydrogens is 320 g/mol. The summed E-state index contributed by atoms with van der Waals surface area (Å²) in [6.45, 7) is 4.68. The highest BCUT2D eigenvalue weighted by Crippen LogP contribution is 2.18. The van der Waals surface area contributed by atoms with Crippen molar-refractivity contribution in [2.75, 3.05) is 0 Å². The van der Waals surface area contributed by atoms with E-state index in [4.69, 9.17) is 0 Å². The standard InChI is InChI=1S/C18H28N4O3/c1-3-13(2)20-18(21-15-6-10-17(23)11-7-15)19-12-14-4-8-16(9-5-14)22(24)25/h4-5,8-9,13,15,17,23H,3,6-7,10-12H2,1-2H3,(H2,19,20,21). The summed E-state index contributed by atoms with van der Waals surface area (Å²) in [5.41, 5.74) is 1.01. The number of hydrogen-bond acceptors (Lipinski definition) is 4. The lowest BCUT2D eigenvalue weighted by atomic mass is 9.93. The van der Waals surface area contributed by atoms with Gasteiger partial charge in [0.1, 0.15) is 0 Å². The molecule has 0 heterocycles. The number of nitro benzene ring substituents is 1. The Hall–Kier alpha value is -2.15. The number of nitro groups is 1. The predicted molar refractivity (Wildman–Crippen MR) is 98.5 cm³/mol. The lowest BCUT2D eigenvalue weighted by Crippen LogP contribution is -2.48. The van der Waals surface area contributed by atoms with E-state index in [1.54, 1.807) is 12.1 Å². The van der Waals surface area contributed by atoms with Crippen LogP contribution in [0.15, 0.2) is 29.3 Å². The first-order valence-electron chi connectivity index (χ1n) is 8.96. The maximum absolute atomic E-state index is 10.7. The van der Waals surface area contributed by atoms with Crippen molar-refractivity contribution in [3.05, 3.63) is 39.9 Å². The van der Waals surface area contributed by atoms with Gasteiger partial charge in [0.2, 0.25) is 0 Å². The minimum Gasteiger partial charge on any atom is -0.393 e. The normalized spacial score (nSPS) is 22.3. The van der Waals surface area contributed by atoms with Gasteiger partial charge in [0.25, 0.3) is 5.69 Å². The molecule has 0 bridgehead atoms. The maximum atomic E-state index is 10.7. The van der Waals surface area contributed by atoms with E-state index in [0.29, 0.717) is 18.6 Å². The molecule has 138 valence electrons. The molecule has 1 aromatic rings. The third kappa shape index (κ3) is 6.34. The molecule has 1 aliphatic carbocycles. The second kappa shape index (κ2) is 9.36. The van der Waals surface area contributed by atoms with E-state index in [1.807, 2.05) is 0 Å². The largest absolute Gasteiger partial charge is 0.393 e. The summed E-state index contributed by atoms with van der Waals surface area (Å²) in [7, 11) is 0. The fourth-order valence-corrected chi connectivity index (χ4v) is 2.78. The zero-order valence-corrected chi connectivity index (χ0v) is 14.9. The summed E-state index contributed by atoms with van der Waals surface area (Å²) in [5, 5.41) is 27.2. The molecule has 1 fully saturated rings. The third-order valence-electron chi connectivity index (χ3n) is 4.60. The predicted octanol–water partition coefficient (Wildman–Crippen LogP) is 2.73. The lowest BCUT2D eigenvalue weighted by molar-refractivity contribution is -0.384. The molecule has 0 saturated heterocycles. The van der Waals surface area contributed by atoms with Gasteiger partial charge in [0, 0.05) is 24.2 Å². The van der Waals surface area contributed by atoms with Crippen LogP contribution in [0, 0.1) is 10.1 Å². The molecule has 7 nitrogen and oxygen atoms in total. The van der Waals surface area contributed by atoms with Gasteiger partial charge in [0.05, 0.1) is 17.6 Å². The van der Waals surface area contributed by atoms with E-state index >= 15 is 0 Å². The van der Waals surface area contributed by atoms with Crippen LogP contribution in [0.1, 0.15) is 51.5 Å². The molecule has 3 N–H and O–H groups in total. The van der Waals surface area contributed by atoms with Gasteiger partial charge in [-0.2, -0.15) is 0 Å². The maximum Gasteiger partial charge on any atom is 0.269 e. The van der Waals surface area contributed by atoms with Crippen LogP contribution in [0.5, 0.6) is 0 Å². The van der Waals surface area contributed by atoms with E-state index in [9.17, 15) is 15.2 Å². The van der Waals surface area contributed by atoms with Crippen molar-refractivity contribution in [3.8, 4) is 0 Å². The van der Waals surface area contributed by atoms with Crippen molar-refractivity contribution < 1.29 is 10.0 Å². The molecule has 0 aliphatic heterocycles. The summed E-state index contributed by atoms with van der Waals surface area (Å²) in [4.78, 5) is 14.9. The number of nitrogens with one attached hydrogen (secondary N) is 2. The summed E-state index contributed by atoms with van der Waals surface area (Å²) in [6.07, 6.45) is 4.30. The number of non-ortho nitro benzene ring substituents is 1. The van der Waals surface area contributed by atoms with E-state index in [-0.39, 0.29) is 11.8 Å². The van der Waals surface area contributed by atoms with Crippen molar-refractivity contribution in [1.82, 2.24) is 10.6 Å². The Morgan fingerprint density at radius 1 is 1.32 bits per heavy atom. The van der Waals surface area contributed by atoms with E-state index in [2.05, 4.69) is 29.5 Å². The number of benzene rings is 1. The van der Waals surface area contributed by atoms with Crippen molar-refractivity contribution in [2.45, 2.75) is 70.7 Å².